The highest BCUT2D eigenvalue weighted by Gasteiger charge is 2.41. The van der Waals surface area contributed by atoms with Crippen LogP contribution in [0, 0.1) is 12.8 Å². The van der Waals surface area contributed by atoms with E-state index in [-0.39, 0.29) is 6.04 Å². The highest BCUT2D eigenvalue weighted by molar-refractivity contribution is 6.36. The lowest BCUT2D eigenvalue weighted by atomic mass is 9.98. The second-order valence-electron chi connectivity index (χ2n) is 10.2. The van der Waals surface area contributed by atoms with Gasteiger partial charge in [0, 0.05) is 33.3 Å². The van der Waals surface area contributed by atoms with Gasteiger partial charge in [-0.05, 0) is 85.0 Å². The summed E-state index contributed by atoms with van der Waals surface area (Å²) in [6.07, 6.45) is 5.07. The van der Waals surface area contributed by atoms with Crippen molar-refractivity contribution in [3.05, 3.63) is 104 Å². The Morgan fingerprint density at radius 3 is 2.55 bits per heavy atom. The standard InChI is InChI=1S/C30H28Cl2N2O4/c1-16-12-19(9-10-20(16)22-13-21(22)18-8-11-26(33-14-18)30(35)36-2)37-15-23-28(34-38-29(23)17-6-7-17)27-24(31)4-3-5-25(27)32/h3-5,8-12,14,17,21-22,28,34H,6-7,13,15H2,1-2H3. The Morgan fingerprint density at radius 1 is 1.11 bits per heavy atom. The number of aromatic nitrogens is 1. The number of allylic oxidation sites excluding steroid dienone is 1. The summed E-state index contributed by atoms with van der Waals surface area (Å²) in [6.45, 7) is 2.51. The normalized spacial score (nSPS) is 22.3. The SMILES string of the molecule is COC(=O)c1ccc(C2CC2c2ccc(OCC3=C(C4CC4)ONC3c3c(Cl)cccc3Cl)cc2C)cn1. The summed E-state index contributed by atoms with van der Waals surface area (Å²) in [5.74, 6) is 2.58. The average Bonchev–Trinajstić information content (AvgIpc) is 3.85. The minimum absolute atomic E-state index is 0.251. The first-order valence-electron chi connectivity index (χ1n) is 12.8. The molecule has 196 valence electrons. The van der Waals surface area contributed by atoms with E-state index in [1.807, 2.05) is 30.3 Å². The zero-order chi connectivity index (χ0) is 26.4. The monoisotopic (exact) mass is 550 g/mol. The Morgan fingerprint density at radius 2 is 1.89 bits per heavy atom. The topological polar surface area (TPSA) is 69.7 Å². The van der Waals surface area contributed by atoms with E-state index in [1.54, 1.807) is 12.3 Å². The summed E-state index contributed by atoms with van der Waals surface area (Å²) in [5, 5.41) is 1.20. The molecule has 0 saturated heterocycles. The van der Waals surface area contributed by atoms with Crippen LogP contribution in [0.1, 0.15) is 69.9 Å². The van der Waals surface area contributed by atoms with Gasteiger partial charge in [-0.2, -0.15) is 0 Å². The molecule has 38 heavy (non-hydrogen) atoms. The smallest absolute Gasteiger partial charge is 0.356 e. The van der Waals surface area contributed by atoms with Crippen molar-refractivity contribution in [3.8, 4) is 5.75 Å². The predicted molar refractivity (Wildman–Crippen MR) is 146 cm³/mol. The van der Waals surface area contributed by atoms with Crippen LogP contribution in [0.3, 0.4) is 0 Å². The quantitative estimate of drug-likeness (QED) is 0.302. The fourth-order valence-electron chi connectivity index (χ4n) is 5.34. The van der Waals surface area contributed by atoms with Crippen molar-refractivity contribution in [2.75, 3.05) is 13.7 Å². The molecule has 2 aliphatic carbocycles. The van der Waals surface area contributed by atoms with Crippen molar-refractivity contribution >= 4 is 29.2 Å². The third-order valence-electron chi connectivity index (χ3n) is 7.62. The number of esters is 1. The van der Waals surface area contributed by atoms with Crippen molar-refractivity contribution in [2.24, 2.45) is 5.92 Å². The van der Waals surface area contributed by atoms with Gasteiger partial charge >= 0.3 is 5.97 Å². The number of nitrogens with zero attached hydrogens (tertiary/aromatic N) is 1. The molecule has 0 spiro atoms. The van der Waals surface area contributed by atoms with Crippen LogP contribution in [0.15, 0.2) is 66.1 Å². The molecule has 1 N–H and O–H groups in total. The molecule has 8 heteroatoms. The number of carbonyl (C=O) groups excluding carboxylic acids is 1. The number of pyridine rings is 1. The number of aryl methyl sites for hydroxylation is 1. The molecule has 0 radical (unpaired) electrons. The Labute approximate surface area is 231 Å². The van der Waals surface area contributed by atoms with Crippen LogP contribution in [0.25, 0.3) is 0 Å². The summed E-state index contributed by atoms with van der Waals surface area (Å²) in [7, 11) is 1.36. The summed E-state index contributed by atoms with van der Waals surface area (Å²) in [6, 6.07) is 15.3. The minimum atomic E-state index is -0.420. The number of hydroxylamine groups is 1. The molecule has 3 atom stereocenters. The average molecular weight is 551 g/mol. The molecular formula is C30H28Cl2N2O4. The third kappa shape index (κ3) is 4.89. The molecule has 0 bridgehead atoms. The molecular weight excluding hydrogens is 523 g/mol. The summed E-state index contributed by atoms with van der Waals surface area (Å²) < 4.78 is 11.0. The number of ether oxygens (including phenoxy) is 2. The Bertz CT molecular complexity index is 1400. The van der Waals surface area contributed by atoms with Crippen molar-refractivity contribution < 1.29 is 19.1 Å². The number of methoxy groups -OCH3 is 1. The number of nitrogens with one attached hydrogen (secondary N) is 1. The second-order valence-corrected chi connectivity index (χ2v) is 11.0. The Hall–Kier alpha value is -3.06. The summed E-state index contributed by atoms with van der Waals surface area (Å²) in [5.41, 5.74) is 8.95. The van der Waals surface area contributed by atoms with Gasteiger partial charge in [0.1, 0.15) is 23.8 Å². The van der Waals surface area contributed by atoms with E-state index in [1.165, 1.54) is 18.2 Å². The first kappa shape index (κ1) is 25.2. The van der Waals surface area contributed by atoms with Gasteiger partial charge in [-0.3, -0.25) is 0 Å². The van der Waals surface area contributed by atoms with Gasteiger partial charge in [0.15, 0.2) is 0 Å². The lowest BCUT2D eigenvalue weighted by Gasteiger charge is -2.18. The van der Waals surface area contributed by atoms with Crippen LogP contribution in [0.5, 0.6) is 5.75 Å². The van der Waals surface area contributed by atoms with Crippen LogP contribution in [0.2, 0.25) is 10.0 Å². The largest absolute Gasteiger partial charge is 0.489 e. The Kier molecular flexibility index (Phi) is 6.81. The maximum absolute atomic E-state index is 11.7. The number of benzene rings is 2. The van der Waals surface area contributed by atoms with Crippen LogP contribution < -0.4 is 10.2 Å². The first-order valence-corrected chi connectivity index (χ1v) is 13.6. The molecule has 2 fully saturated rings. The van der Waals surface area contributed by atoms with Crippen LogP contribution >= 0.6 is 23.2 Å². The zero-order valence-electron chi connectivity index (χ0n) is 21.2. The number of rotatable bonds is 8. The van der Waals surface area contributed by atoms with E-state index in [2.05, 4.69) is 29.5 Å². The molecule has 0 amide bonds. The van der Waals surface area contributed by atoms with E-state index in [4.69, 9.17) is 37.5 Å². The van der Waals surface area contributed by atoms with Gasteiger partial charge in [-0.25, -0.2) is 9.78 Å². The van der Waals surface area contributed by atoms with Crippen LogP contribution in [0.4, 0.5) is 0 Å². The lowest BCUT2D eigenvalue weighted by molar-refractivity contribution is 0.0594. The molecule has 3 aliphatic rings. The molecule has 6 nitrogen and oxygen atoms in total. The van der Waals surface area contributed by atoms with Crippen molar-refractivity contribution in [2.45, 2.75) is 44.1 Å². The number of hydrogen-bond acceptors (Lipinski definition) is 6. The summed E-state index contributed by atoms with van der Waals surface area (Å²) in [4.78, 5) is 21.9. The zero-order valence-corrected chi connectivity index (χ0v) is 22.7. The molecule has 2 aromatic carbocycles. The second kappa shape index (κ2) is 10.3. The predicted octanol–water partition coefficient (Wildman–Crippen LogP) is 7.07. The van der Waals surface area contributed by atoms with Gasteiger partial charge in [0.05, 0.1) is 13.2 Å². The maximum atomic E-state index is 11.7. The van der Waals surface area contributed by atoms with Crippen molar-refractivity contribution in [1.82, 2.24) is 10.5 Å². The maximum Gasteiger partial charge on any atom is 0.356 e. The van der Waals surface area contributed by atoms with E-state index >= 15 is 0 Å². The van der Waals surface area contributed by atoms with Gasteiger partial charge < -0.3 is 14.3 Å². The van der Waals surface area contributed by atoms with Crippen molar-refractivity contribution in [1.29, 1.82) is 0 Å². The molecule has 3 unspecified atom stereocenters. The Balaban J connectivity index is 1.16. The minimum Gasteiger partial charge on any atom is -0.489 e. The third-order valence-corrected chi connectivity index (χ3v) is 8.28. The highest BCUT2D eigenvalue weighted by Crippen LogP contribution is 2.55. The van der Waals surface area contributed by atoms with Crippen molar-refractivity contribution in [3.63, 3.8) is 0 Å². The van der Waals surface area contributed by atoms with Gasteiger partial charge in [-0.1, -0.05) is 41.4 Å². The molecule has 1 aliphatic heterocycles. The van der Waals surface area contributed by atoms with Gasteiger partial charge in [0.25, 0.3) is 0 Å². The molecule has 3 aromatic rings. The van der Waals surface area contributed by atoms with E-state index in [0.29, 0.717) is 40.1 Å². The van der Waals surface area contributed by atoms with Crippen LogP contribution in [-0.2, 0) is 9.57 Å². The van der Waals surface area contributed by atoms with Crippen LogP contribution in [-0.4, -0.2) is 24.7 Å². The number of hydrogen-bond donors (Lipinski definition) is 1. The fourth-order valence-corrected chi connectivity index (χ4v) is 5.95. The van der Waals surface area contributed by atoms with Gasteiger partial charge in [0.2, 0.25) is 0 Å². The van der Waals surface area contributed by atoms with E-state index in [9.17, 15) is 4.79 Å². The molecule has 1 aromatic heterocycles. The number of halogens is 2. The van der Waals surface area contributed by atoms with E-state index < -0.39 is 5.97 Å². The molecule has 6 rings (SSSR count). The van der Waals surface area contributed by atoms with Gasteiger partial charge in [-0.15, -0.1) is 5.48 Å². The molecule has 2 heterocycles. The lowest BCUT2D eigenvalue weighted by Crippen LogP contribution is -2.19. The molecule has 2 saturated carbocycles. The fraction of sp³-hybridized carbons (Fsp3) is 0.333. The first-order chi connectivity index (χ1) is 18.4. The highest BCUT2D eigenvalue weighted by atomic mass is 35.5. The van der Waals surface area contributed by atoms with E-state index in [0.717, 1.165) is 47.5 Å². The summed E-state index contributed by atoms with van der Waals surface area (Å²) >= 11 is 13.1. The number of carbonyl (C=O) groups is 1.